The minimum Gasteiger partial charge on any atom is -0.484 e. The quantitative estimate of drug-likeness (QED) is 0.541. The Kier molecular flexibility index (Phi) is 7.25. The fourth-order valence-corrected chi connectivity index (χ4v) is 2.25. The van der Waals surface area contributed by atoms with Crippen molar-refractivity contribution in [2.45, 2.75) is 19.8 Å². The van der Waals surface area contributed by atoms with Gasteiger partial charge in [-0.05, 0) is 48.0 Å². The van der Waals surface area contributed by atoms with Crippen molar-refractivity contribution in [3.63, 3.8) is 0 Å². The molecule has 2 rings (SSSR count). The minimum absolute atomic E-state index is 0.152. The third kappa shape index (κ3) is 6.34. The molecule has 27 heavy (non-hydrogen) atoms. The molecule has 6 nitrogen and oxygen atoms in total. The molecule has 2 aromatic carbocycles. The number of carbonyl (C=O) groups excluding carboxylic acids is 2. The van der Waals surface area contributed by atoms with Crippen molar-refractivity contribution in [3.8, 4) is 5.75 Å². The Hall–Kier alpha value is -3.00. The SMILES string of the molecule is CC(C)c1ccc(OCC(=O)NNC(=S)NC(=O)c2ccccc2F)cc1. The van der Waals surface area contributed by atoms with E-state index in [2.05, 4.69) is 30.0 Å². The molecule has 0 aliphatic rings. The first-order chi connectivity index (χ1) is 12.9. The van der Waals surface area contributed by atoms with Gasteiger partial charge in [-0.25, -0.2) is 4.39 Å². The Morgan fingerprint density at radius 2 is 1.74 bits per heavy atom. The average Bonchev–Trinajstić information content (AvgIpc) is 2.65. The predicted molar refractivity (Wildman–Crippen MR) is 104 cm³/mol. The van der Waals surface area contributed by atoms with E-state index in [1.165, 1.54) is 23.8 Å². The van der Waals surface area contributed by atoms with Crippen LogP contribution in [0.25, 0.3) is 0 Å². The van der Waals surface area contributed by atoms with E-state index in [-0.39, 0.29) is 17.3 Å². The van der Waals surface area contributed by atoms with Crippen LogP contribution in [0.1, 0.15) is 35.7 Å². The summed E-state index contributed by atoms with van der Waals surface area (Å²) in [7, 11) is 0. The lowest BCUT2D eigenvalue weighted by Crippen LogP contribution is -2.49. The van der Waals surface area contributed by atoms with Gasteiger partial charge in [0.2, 0.25) is 0 Å². The number of hydrazine groups is 1. The summed E-state index contributed by atoms with van der Waals surface area (Å²) in [6, 6.07) is 12.9. The van der Waals surface area contributed by atoms with Crippen LogP contribution in [0.2, 0.25) is 0 Å². The van der Waals surface area contributed by atoms with Crippen molar-refractivity contribution in [3.05, 3.63) is 65.5 Å². The number of amides is 2. The van der Waals surface area contributed by atoms with Crippen LogP contribution in [0.4, 0.5) is 4.39 Å². The van der Waals surface area contributed by atoms with Gasteiger partial charge in [0, 0.05) is 0 Å². The first-order valence-corrected chi connectivity index (χ1v) is 8.65. The van der Waals surface area contributed by atoms with E-state index in [0.717, 1.165) is 6.07 Å². The smallest absolute Gasteiger partial charge is 0.276 e. The van der Waals surface area contributed by atoms with Crippen molar-refractivity contribution < 1.29 is 18.7 Å². The number of thiocarbonyl (C=S) groups is 1. The molecule has 142 valence electrons. The maximum absolute atomic E-state index is 13.5. The number of halogens is 1. The Bertz CT molecular complexity index is 825. The van der Waals surface area contributed by atoms with E-state index in [1.807, 2.05) is 12.1 Å². The highest BCUT2D eigenvalue weighted by Gasteiger charge is 2.12. The van der Waals surface area contributed by atoms with Crippen LogP contribution in [0.15, 0.2) is 48.5 Å². The highest BCUT2D eigenvalue weighted by Crippen LogP contribution is 2.18. The van der Waals surface area contributed by atoms with Crippen LogP contribution < -0.4 is 20.9 Å². The second-order valence-electron chi connectivity index (χ2n) is 5.95. The van der Waals surface area contributed by atoms with Crippen LogP contribution in [-0.2, 0) is 4.79 Å². The van der Waals surface area contributed by atoms with E-state index in [0.29, 0.717) is 11.7 Å². The molecular formula is C19H20FN3O3S. The fourth-order valence-electron chi connectivity index (χ4n) is 2.11. The van der Waals surface area contributed by atoms with E-state index >= 15 is 0 Å². The highest BCUT2D eigenvalue weighted by atomic mass is 32.1. The summed E-state index contributed by atoms with van der Waals surface area (Å²) in [4.78, 5) is 23.7. The standard InChI is InChI=1S/C19H20FN3O3S/c1-12(2)13-7-9-14(10-8-13)26-11-17(24)22-23-19(27)21-18(25)15-5-3-4-6-16(15)20/h3-10,12H,11H2,1-2H3,(H,22,24)(H2,21,23,25,27). The topological polar surface area (TPSA) is 79.5 Å². The molecule has 0 fully saturated rings. The van der Waals surface area contributed by atoms with Gasteiger partial charge in [-0.3, -0.25) is 25.8 Å². The molecule has 2 amide bonds. The number of ether oxygens (including phenoxy) is 1. The second-order valence-corrected chi connectivity index (χ2v) is 6.36. The minimum atomic E-state index is -0.721. The molecule has 0 unspecified atom stereocenters. The van der Waals surface area contributed by atoms with Crippen LogP contribution in [0.5, 0.6) is 5.75 Å². The Morgan fingerprint density at radius 3 is 2.37 bits per heavy atom. The molecule has 0 aliphatic heterocycles. The summed E-state index contributed by atoms with van der Waals surface area (Å²) in [5.74, 6) is -0.914. The van der Waals surface area contributed by atoms with Gasteiger partial charge in [0.1, 0.15) is 11.6 Å². The Morgan fingerprint density at radius 1 is 1.07 bits per heavy atom. The van der Waals surface area contributed by atoms with Crippen molar-refractivity contribution >= 4 is 29.1 Å². The van der Waals surface area contributed by atoms with Crippen LogP contribution in [0.3, 0.4) is 0 Å². The highest BCUT2D eigenvalue weighted by molar-refractivity contribution is 7.80. The predicted octanol–water partition coefficient (Wildman–Crippen LogP) is 2.66. The normalized spacial score (nSPS) is 10.2. The van der Waals surface area contributed by atoms with Crippen LogP contribution >= 0.6 is 12.2 Å². The van der Waals surface area contributed by atoms with Gasteiger partial charge in [0.15, 0.2) is 11.7 Å². The molecule has 0 radical (unpaired) electrons. The van der Waals surface area contributed by atoms with Gasteiger partial charge >= 0.3 is 0 Å². The number of carbonyl (C=O) groups is 2. The summed E-state index contributed by atoms with van der Waals surface area (Å²) >= 11 is 4.89. The molecule has 0 aliphatic carbocycles. The first-order valence-electron chi connectivity index (χ1n) is 8.24. The monoisotopic (exact) mass is 389 g/mol. The van der Waals surface area contributed by atoms with Crippen LogP contribution in [0, 0.1) is 5.82 Å². The van der Waals surface area contributed by atoms with E-state index in [9.17, 15) is 14.0 Å². The largest absolute Gasteiger partial charge is 0.484 e. The van der Waals surface area contributed by atoms with Gasteiger partial charge in [0.25, 0.3) is 11.8 Å². The zero-order valence-corrected chi connectivity index (χ0v) is 15.7. The lowest BCUT2D eigenvalue weighted by molar-refractivity contribution is -0.123. The number of hydrogen-bond acceptors (Lipinski definition) is 4. The van der Waals surface area contributed by atoms with E-state index < -0.39 is 17.6 Å². The molecule has 0 saturated carbocycles. The number of benzene rings is 2. The number of nitrogens with one attached hydrogen (secondary N) is 3. The zero-order chi connectivity index (χ0) is 19.8. The van der Waals surface area contributed by atoms with E-state index in [1.54, 1.807) is 12.1 Å². The second kappa shape index (κ2) is 9.63. The molecule has 0 saturated heterocycles. The molecule has 0 bridgehead atoms. The molecule has 0 aromatic heterocycles. The Labute approximate surface area is 162 Å². The molecule has 0 spiro atoms. The van der Waals surface area contributed by atoms with E-state index in [4.69, 9.17) is 17.0 Å². The molecule has 2 aromatic rings. The molecule has 8 heteroatoms. The van der Waals surface area contributed by atoms with Gasteiger partial charge in [-0.15, -0.1) is 0 Å². The van der Waals surface area contributed by atoms with Gasteiger partial charge in [-0.2, -0.15) is 0 Å². The lowest BCUT2D eigenvalue weighted by atomic mass is 10.0. The van der Waals surface area contributed by atoms with Gasteiger partial charge in [0.05, 0.1) is 5.56 Å². The Balaban J connectivity index is 1.74. The fraction of sp³-hybridized carbons (Fsp3) is 0.211. The zero-order valence-electron chi connectivity index (χ0n) is 14.9. The van der Waals surface area contributed by atoms with Crippen molar-refractivity contribution in [2.75, 3.05) is 6.61 Å². The molecule has 0 atom stereocenters. The van der Waals surface area contributed by atoms with Gasteiger partial charge in [-0.1, -0.05) is 38.1 Å². The summed E-state index contributed by atoms with van der Waals surface area (Å²) in [5, 5.41) is 2.10. The van der Waals surface area contributed by atoms with Crippen LogP contribution in [-0.4, -0.2) is 23.5 Å². The van der Waals surface area contributed by atoms with Crippen molar-refractivity contribution in [1.29, 1.82) is 0 Å². The average molecular weight is 389 g/mol. The maximum Gasteiger partial charge on any atom is 0.276 e. The lowest BCUT2D eigenvalue weighted by Gasteiger charge is -2.12. The van der Waals surface area contributed by atoms with Crippen molar-refractivity contribution in [1.82, 2.24) is 16.2 Å². The summed E-state index contributed by atoms with van der Waals surface area (Å²) in [6.45, 7) is 3.93. The summed E-state index contributed by atoms with van der Waals surface area (Å²) < 4.78 is 18.9. The summed E-state index contributed by atoms with van der Waals surface area (Å²) in [5.41, 5.74) is 5.67. The molecule has 3 N–H and O–H groups in total. The summed E-state index contributed by atoms with van der Waals surface area (Å²) in [6.07, 6.45) is 0. The molecule has 0 heterocycles. The first kappa shape index (κ1) is 20.3. The number of hydrogen-bond donors (Lipinski definition) is 3. The maximum atomic E-state index is 13.5. The number of rotatable bonds is 5. The third-order valence-electron chi connectivity index (χ3n) is 3.58. The van der Waals surface area contributed by atoms with Gasteiger partial charge < -0.3 is 4.74 Å². The van der Waals surface area contributed by atoms with Crippen molar-refractivity contribution in [2.24, 2.45) is 0 Å². The third-order valence-corrected chi connectivity index (χ3v) is 3.78. The molecular weight excluding hydrogens is 369 g/mol.